The summed E-state index contributed by atoms with van der Waals surface area (Å²) in [5, 5.41) is 17.1. The Morgan fingerprint density at radius 3 is 2.59 bits per heavy atom. The van der Waals surface area contributed by atoms with Crippen LogP contribution in [0.1, 0.15) is 18.1 Å². The third-order valence-electron chi connectivity index (χ3n) is 6.33. The van der Waals surface area contributed by atoms with E-state index in [4.69, 9.17) is 4.74 Å². The molecule has 1 aliphatic heterocycles. The van der Waals surface area contributed by atoms with Crippen LogP contribution in [-0.2, 0) is 27.0 Å². The van der Waals surface area contributed by atoms with Crippen molar-refractivity contribution in [1.29, 1.82) is 0 Å². The Bertz CT molecular complexity index is 1580. The number of rotatable bonds is 10. The van der Waals surface area contributed by atoms with Gasteiger partial charge in [0.05, 0.1) is 30.9 Å². The Kier molecular flexibility index (Phi) is 10.5. The number of pyridine rings is 1. The summed E-state index contributed by atoms with van der Waals surface area (Å²) in [7, 11) is 1.33. The highest BCUT2D eigenvalue weighted by molar-refractivity contribution is 5.95. The van der Waals surface area contributed by atoms with E-state index in [1.54, 1.807) is 6.20 Å². The van der Waals surface area contributed by atoms with Gasteiger partial charge in [0.1, 0.15) is 11.3 Å². The van der Waals surface area contributed by atoms with E-state index in [1.807, 2.05) is 11.0 Å². The van der Waals surface area contributed by atoms with Crippen LogP contribution in [0.3, 0.4) is 0 Å². The molecule has 0 bridgehead atoms. The number of halogens is 3. The average molecular weight is 617 g/mol. The van der Waals surface area contributed by atoms with Crippen LogP contribution in [0.15, 0.2) is 24.5 Å². The number of carbonyl (C=O) groups is 3. The number of urea groups is 1. The van der Waals surface area contributed by atoms with Gasteiger partial charge in [-0.25, -0.2) is 19.3 Å². The molecule has 0 spiro atoms. The van der Waals surface area contributed by atoms with Crippen LogP contribution in [0.4, 0.5) is 29.6 Å². The molecule has 0 aliphatic carbocycles. The summed E-state index contributed by atoms with van der Waals surface area (Å²) in [4.78, 5) is 45.3. The van der Waals surface area contributed by atoms with E-state index in [2.05, 4.69) is 53.5 Å². The fourth-order valence-corrected chi connectivity index (χ4v) is 4.28. The number of anilines is 2. The molecule has 17 heteroatoms. The van der Waals surface area contributed by atoms with Crippen molar-refractivity contribution in [3.05, 3.63) is 35.7 Å². The topological polar surface area (TPSA) is 167 Å². The van der Waals surface area contributed by atoms with Gasteiger partial charge in [-0.05, 0) is 30.5 Å². The van der Waals surface area contributed by atoms with Gasteiger partial charge in [-0.15, -0.1) is 5.10 Å². The molecule has 234 valence electrons. The van der Waals surface area contributed by atoms with E-state index in [0.29, 0.717) is 57.3 Å². The van der Waals surface area contributed by atoms with E-state index < -0.39 is 23.7 Å². The van der Waals surface area contributed by atoms with Crippen molar-refractivity contribution >= 4 is 35.0 Å². The zero-order chi connectivity index (χ0) is 31.7. The summed E-state index contributed by atoms with van der Waals surface area (Å²) in [6.45, 7) is 4.22. The Morgan fingerprint density at radius 2 is 1.89 bits per heavy atom. The number of hydrogen-bond donors (Lipinski definition) is 5. The smallest absolute Gasteiger partial charge is 0.378 e. The lowest BCUT2D eigenvalue weighted by atomic mass is 10.1. The lowest BCUT2D eigenvalue weighted by Crippen LogP contribution is -2.39. The third-order valence-corrected chi connectivity index (χ3v) is 6.33. The first kappa shape index (κ1) is 32.0. The Hall–Kier alpha value is -4.95. The van der Waals surface area contributed by atoms with Gasteiger partial charge in [0.25, 0.3) is 5.91 Å². The monoisotopic (exact) mass is 616 g/mol. The zero-order valence-corrected chi connectivity index (χ0v) is 24.0. The van der Waals surface area contributed by atoms with E-state index in [1.165, 1.54) is 18.5 Å². The van der Waals surface area contributed by atoms with Gasteiger partial charge in [-0.3, -0.25) is 14.9 Å². The normalized spacial score (nSPS) is 13.2. The second-order valence-electron chi connectivity index (χ2n) is 9.44. The maximum absolute atomic E-state index is 14.2. The van der Waals surface area contributed by atoms with Crippen molar-refractivity contribution in [2.45, 2.75) is 19.6 Å². The highest BCUT2D eigenvalue weighted by Gasteiger charge is 2.36. The number of alkyl halides is 3. The summed E-state index contributed by atoms with van der Waals surface area (Å²) in [6.07, 6.45) is -2.12. The summed E-state index contributed by atoms with van der Waals surface area (Å²) < 4.78 is 49.4. The second kappa shape index (κ2) is 14.5. The first-order valence-electron chi connectivity index (χ1n) is 13.6. The van der Waals surface area contributed by atoms with Gasteiger partial charge in [0, 0.05) is 52.2 Å². The van der Waals surface area contributed by atoms with Gasteiger partial charge in [-0.1, -0.05) is 5.92 Å². The molecule has 3 aromatic heterocycles. The zero-order valence-electron chi connectivity index (χ0n) is 24.0. The van der Waals surface area contributed by atoms with Crippen LogP contribution in [0.5, 0.6) is 0 Å². The van der Waals surface area contributed by atoms with E-state index in [9.17, 15) is 27.6 Å². The molecular weight excluding hydrogens is 585 g/mol. The number of hydrogen-bond acceptors (Lipinski definition) is 9. The summed E-state index contributed by atoms with van der Waals surface area (Å²) in [5.74, 6) is 3.78. The van der Waals surface area contributed by atoms with Crippen molar-refractivity contribution in [3.63, 3.8) is 0 Å². The Morgan fingerprint density at radius 1 is 1.11 bits per heavy atom. The van der Waals surface area contributed by atoms with Crippen molar-refractivity contribution < 1.29 is 32.3 Å². The Labute approximate surface area is 250 Å². The molecule has 1 fully saturated rings. The largest absolute Gasteiger partial charge is 0.417 e. The van der Waals surface area contributed by atoms with Gasteiger partial charge in [0.15, 0.2) is 11.6 Å². The number of aromatic nitrogens is 4. The van der Waals surface area contributed by atoms with Crippen molar-refractivity contribution in [2.24, 2.45) is 0 Å². The van der Waals surface area contributed by atoms with Gasteiger partial charge < -0.3 is 30.9 Å². The van der Waals surface area contributed by atoms with Crippen LogP contribution in [0, 0.1) is 11.8 Å². The minimum atomic E-state index is -4.79. The van der Waals surface area contributed by atoms with Gasteiger partial charge in [0.2, 0.25) is 5.91 Å². The van der Waals surface area contributed by atoms with E-state index in [-0.39, 0.29) is 29.7 Å². The molecule has 3 aromatic rings. The molecule has 5 N–H and O–H groups in total. The highest BCUT2D eigenvalue weighted by atomic mass is 19.4. The maximum Gasteiger partial charge on any atom is 0.417 e. The average Bonchev–Trinajstić information content (AvgIpc) is 3.42. The van der Waals surface area contributed by atoms with Gasteiger partial charge in [-0.2, -0.15) is 13.2 Å². The molecule has 4 amide bonds. The van der Waals surface area contributed by atoms with Crippen LogP contribution in [0.2, 0.25) is 0 Å². The molecule has 0 saturated carbocycles. The quantitative estimate of drug-likeness (QED) is 0.163. The summed E-state index contributed by atoms with van der Waals surface area (Å²) in [6, 6.07) is 1.86. The standard InChI is InChI=1S/C27H31F3N10O4/c1-3-4-22(41)35-15-23(42)33-6-5-32-13-17-11-20-25(39-7-9-44-10-8-39)37-24(38-40(20)16-17)18-14-34-21(36-26(43)31-2)12-19(18)27(28,29)30/h11-12,14,16,32H,5-10,13,15H2,1-2H3,(H,33,42)(H,35,41)(H2,31,34,36,43). The minimum Gasteiger partial charge on any atom is -0.378 e. The van der Waals surface area contributed by atoms with E-state index >= 15 is 0 Å². The van der Waals surface area contributed by atoms with Crippen LogP contribution in [-0.4, -0.2) is 90.4 Å². The number of carbonyl (C=O) groups excluding carboxylic acids is 3. The minimum absolute atomic E-state index is 0.192. The number of fused-ring (bicyclic) bond motifs is 1. The fraction of sp³-hybridized carbons (Fsp3) is 0.407. The fourth-order valence-electron chi connectivity index (χ4n) is 4.28. The number of nitrogens with one attached hydrogen (secondary N) is 5. The predicted octanol–water partition coefficient (Wildman–Crippen LogP) is 0.743. The summed E-state index contributed by atoms with van der Waals surface area (Å²) in [5.41, 5.74) is -0.0355. The molecule has 14 nitrogen and oxygen atoms in total. The van der Waals surface area contributed by atoms with Crippen molar-refractivity contribution in [2.75, 3.05) is 63.2 Å². The first-order chi connectivity index (χ1) is 21.1. The third kappa shape index (κ3) is 8.33. The molecule has 0 atom stereocenters. The number of ether oxygens (including phenoxy) is 1. The lowest BCUT2D eigenvalue weighted by molar-refractivity contribution is -0.137. The molecule has 4 heterocycles. The number of morpholine rings is 1. The van der Waals surface area contributed by atoms with Crippen LogP contribution in [0.25, 0.3) is 16.9 Å². The second-order valence-corrected chi connectivity index (χ2v) is 9.44. The number of nitrogens with zero attached hydrogens (tertiary/aromatic N) is 5. The molecule has 0 aromatic carbocycles. The molecule has 1 aliphatic rings. The highest BCUT2D eigenvalue weighted by Crippen LogP contribution is 2.37. The SMILES string of the molecule is CC#CC(=O)NCC(=O)NCCNCc1cc2c(N3CCOCC3)nc(-c3cnc(NC(=O)NC)cc3C(F)(F)F)nn2c1. The lowest BCUT2D eigenvalue weighted by Gasteiger charge is -2.28. The Balaban J connectivity index is 1.55. The van der Waals surface area contributed by atoms with Crippen LogP contribution >= 0.6 is 0 Å². The van der Waals surface area contributed by atoms with E-state index in [0.717, 1.165) is 17.8 Å². The molecular formula is C27H31F3N10O4. The predicted molar refractivity (Wildman–Crippen MR) is 154 cm³/mol. The number of amides is 4. The van der Waals surface area contributed by atoms with Crippen molar-refractivity contribution in [3.8, 4) is 23.2 Å². The van der Waals surface area contributed by atoms with Crippen LogP contribution < -0.4 is 31.5 Å². The molecule has 0 radical (unpaired) electrons. The molecule has 4 rings (SSSR count). The molecule has 1 saturated heterocycles. The van der Waals surface area contributed by atoms with Gasteiger partial charge >= 0.3 is 12.2 Å². The summed E-state index contributed by atoms with van der Waals surface area (Å²) >= 11 is 0. The van der Waals surface area contributed by atoms with Crippen molar-refractivity contribution in [1.82, 2.24) is 40.8 Å². The molecule has 44 heavy (non-hydrogen) atoms. The maximum atomic E-state index is 14.2. The first-order valence-corrected chi connectivity index (χ1v) is 13.6. The molecule has 0 unspecified atom stereocenters.